The van der Waals surface area contributed by atoms with Crippen LogP contribution in [0.15, 0.2) is 18.2 Å². The van der Waals surface area contributed by atoms with Gasteiger partial charge in [-0.3, -0.25) is 5.32 Å². The Bertz CT molecular complexity index is 392. The maximum atomic E-state index is 5.46. The number of fused-ring (bicyclic) bond motifs is 1. The molecule has 2 rings (SSSR count). The fourth-order valence-electron chi connectivity index (χ4n) is 1.81. The van der Waals surface area contributed by atoms with Gasteiger partial charge in [-0.15, -0.1) is 6.42 Å². The van der Waals surface area contributed by atoms with Crippen LogP contribution in [0.1, 0.15) is 24.1 Å². The van der Waals surface area contributed by atoms with E-state index in [-0.39, 0.29) is 0 Å². The van der Waals surface area contributed by atoms with Crippen LogP contribution < -0.4 is 10.1 Å². The second-order valence-electron chi connectivity index (χ2n) is 3.77. The minimum absolute atomic E-state index is 0.298. The Morgan fingerprint density at radius 2 is 2.47 bits per heavy atom. The summed E-state index contributed by atoms with van der Waals surface area (Å²) < 4.78 is 5.46. The molecule has 2 heteroatoms. The summed E-state index contributed by atoms with van der Waals surface area (Å²) in [4.78, 5) is 0. The lowest BCUT2D eigenvalue weighted by Gasteiger charge is -2.13. The summed E-state index contributed by atoms with van der Waals surface area (Å²) in [6, 6.07) is 6.65. The lowest BCUT2D eigenvalue weighted by Crippen LogP contribution is -2.18. The Hall–Kier alpha value is -1.46. The molecule has 0 aromatic heterocycles. The Morgan fingerprint density at radius 1 is 1.60 bits per heavy atom. The molecule has 0 aliphatic carbocycles. The van der Waals surface area contributed by atoms with Crippen molar-refractivity contribution in [2.75, 3.05) is 13.2 Å². The van der Waals surface area contributed by atoms with Gasteiger partial charge in [-0.25, -0.2) is 0 Å². The van der Waals surface area contributed by atoms with E-state index in [4.69, 9.17) is 11.2 Å². The first-order valence-corrected chi connectivity index (χ1v) is 5.23. The first-order chi connectivity index (χ1) is 7.31. The van der Waals surface area contributed by atoms with E-state index in [1.165, 1.54) is 11.1 Å². The van der Waals surface area contributed by atoms with Crippen LogP contribution in [0.3, 0.4) is 0 Å². The summed E-state index contributed by atoms with van der Waals surface area (Å²) in [5, 5.41) is 3.26. The van der Waals surface area contributed by atoms with Crippen molar-refractivity contribution in [2.45, 2.75) is 19.4 Å². The van der Waals surface area contributed by atoms with Crippen molar-refractivity contribution in [3.8, 4) is 18.1 Å². The summed E-state index contributed by atoms with van der Waals surface area (Å²) >= 11 is 0. The molecule has 0 amide bonds. The molecule has 1 aromatic carbocycles. The molecule has 1 aromatic rings. The average Bonchev–Trinajstić information content (AvgIpc) is 2.72. The van der Waals surface area contributed by atoms with Crippen LogP contribution in [0.25, 0.3) is 0 Å². The average molecular weight is 201 g/mol. The summed E-state index contributed by atoms with van der Waals surface area (Å²) in [6.07, 6.45) is 6.23. The second kappa shape index (κ2) is 4.37. The first-order valence-electron chi connectivity index (χ1n) is 5.23. The third-order valence-electron chi connectivity index (χ3n) is 2.72. The molecular weight excluding hydrogens is 186 g/mol. The molecule has 0 saturated carbocycles. The lowest BCUT2D eigenvalue weighted by molar-refractivity contribution is 0.357. The smallest absolute Gasteiger partial charge is 0.122 e. The zero-order valence-electron chi connectivity index (χ0n) is 8.92. The van der Waals surface area contributed by atoms with Crippen molar-refractivity contribution in [3.63, 3.8) is 0 Å². The number of hydrogen-bond acceptors (Lipinski definition) is 2. The number of ether oxygens (including phenoxy) is 1. The van der Waals surface area contributed by atoms with Gasteiger partial charge in [0.05, 0.1) is 13.2 Å². The molecule has 1 unspecified atom stereocenters. The van der Waals surface area contributed by atoms with Gasteiger partial charge in [0.1, 0.15) is 5.75 Å². The number of rotatable bonds is 3. The molecule has 2 nitrogen and oxygen atoms in total. The highest BCUT2D eigenvalue weighted by molar-refractivity contribution is 5.40. The normalized spacial score (nSPS) is 15.2. The van der Waals surface area contributed by atoms with Crippen molar-refractivity contribution in [1.29, 1.82) is 0 Å². The van der Waals surface area contributed by atoms with Crippen LogP contribution in [0.5, 0.6) is 5.75 Å². The van der Waals surface area contributed by atoms with Crippen molar-refractivity contribution in [1.82, 2.24) is 5.32 Å². The highest BCUT2D eigenvalue weighted by Crippen LogP contribution is 2.27. The van der Waals surface area contributed by atoms with Crippen molar-refractivity contribution >= 4 is 0 Å². The topological polar surface area (TPSA) is 21.3 Å². The highest BCUT2D eigenvalue weighted by atomic mass is 16.5. The van der Waals surface area contributed by atoms with Gasteiger partial charge < -0.3 is 4.74 Å². The van der Waals surface area contributed by atoms with Crippen LogP contribution in [0.4, 0.5) is 0 Å². The third-order valence-corrected chi connectivity index (χ3v) is 2.72. The standard InChI is InChI=1S/C13H15NO/c1-3-7-14-10(2)11-4-5-13-12(9-11)6-8-15-13/h1,4-5,9-10,14H,6-8H2,2H3. The van der Waals surface area contributed by atoms with Crippen molar-refractivity contribution < 1.29 is 4.74 Å². The SMILES string of the molecule is C#CCNC(C)c1ccc2c(c1)CCO2. The van der Waals surface area contributed by atoms with E-state index in [9.17, 15) is 0 Å². The summed E-state index contributed by atoms with van der Waals surface area (Å²) in [5.74, 6) is 3.62. The van der Waals surface area contributed by atoms with E-state index in [1.807, 2.05) is 6.07 Å². The van der Waals surface area contributed by atoms with Gasteiger partial charge in [0, 0.05) is 12.5 Å². The number of terminal acetylenes is 1. The summed E-state index contributed by atoms with van der Waals surface area (Å²) in [6.45, 7) is 3.54. The van der Waals surface area contributed by atoms with Crippen LogP contribution in [0, 0.1) is 12.3 Å². The van der Waals surface area contributed by atoms with E-state index >= 15 is 0 Å². The molecule has 0 radical (unpaired) electrons. The van der Waals surface area contributed by atoms with Crippen molar-refractivity contribution in [3.05, 3.63) is 29.3 Å². The van der Waals surface area contributed by atoms with Crippen LogP contribution in [-0.4, -0.2) is 13.2 Å². The fourth-order valence-corrected chi connectivity index (χ4v) is 1.81. The van der Waals surface area contributed by atoms with Gasteiger partial charge in [0.25, 0.3) is 0 Å². The molecule has 1 heterocycles. The fraction of sp³-hybridized carbons (Fsp3) is 0.385. The quantitative estimate of drug-likeness (QED) is 0.754. The van der Waals surface area contributed by atoms with Gasteiger partial charge in [0.2, 0.25) is 0 Å². The third kappa shape index (κ3) is 2.14. The van der Waals surface area contributed by atoms with Crippen molar-refractivity contribution in [2.24, 2.45) is 0 Å². The van der Waals surface area contributed by atoms with Crippen LogP contribution in [-0.2, 0) is 6.42 Å². The Morgan fingerprint density at radius 3 is 3.27 bits per heavy atom. The molecule has 0 fully saturated rings. The summed E-state index contributed by atoms with van der Waals surface area (Å²) in [7, 11) is 0. The summed E-state index contributed by atoms with van der Waals surface area (Å²) in [5.41, 5.74) is 2.58. The van der Waals surface area contributed by atoms with Crippen LogP contribution >= 0.6 is 0 Å². The largest absolute Gasteiger partial charge is 0.493 e. The van der Waals surface area contributed by atoms with E-state index in [0.717, 1.165) is 18.8 Å². The zero-order chi connectivity index (χ0) is 10.7. The predicted octanol–water partition coefficient (Wildman–Crippen LogP) is 1.91. The molecule has 1 N–H and O–H groups in total. The predicted molar refractivity (Wildman–Crippen MR) is 60.9 cm³/mol. The van der Waals surface area contributed by atoms with E-state index < -0.39 is 0 Å². The van der Waals surface area contributed by atoms with Gasteiger partial charge in [-0.2, -0.15) is 0 Å². The Balaban J connectivity index is 2.12. The van der Waals surface area contributed by atoms with Gasteiger partial charge in [0.15, 0.2) is 0 Å². The Kier molecular flexibility index (Phi) is 2.94. The molecule has 15 heavy (non-hydrogen) atoms. The number of hydrogen-bond donors (Lipinski definition) is 1. The van der Waals surface area contributed by atoms with E-state index in [0.29, 0.717) is 12.6 Å². The maximum absolute atomic E-state index is 5.46. The molecule has 1 aliphatic heterocycles. The lowest BCUT2D eigenvalue weighted by atomic mass is 10.0. The molecule has 0 saturated heterocycles. The Labute approximate surface area is 90.6 Å². The van der Waals surface area contributed by atoms with E-state index in [2.05, 4.69) is 30.3 Å². The zero-order valence-corrected chi connectivity index (χ0v) is 8.92. The highest BCUT2D eigenvalue weighted by Gasteiger charge is 2.13. The second-order valence-corrected chi connectivity index (χ2v) is 3.77. The molecule has 1 aliphatic rings. The molecule has 0 spiro atoms. The number of benzene rings is 1. The van der Waals surface area contributed by atoms with Gasteiger partial charge in [-0.1, -0.05) is 18.1 Å². The van der Waals surface area contributed by atoms with Crippen LogP contribution in [0.2, 0.25) is 0 Å². The molecule has 78 valence electrons. The minimum atomic E-state index is 0.298. The first kappa shape index (κ1) is 10.1. The maximum Gasteiger partial charge on any atom is 0.122 e. The van der Waals surface area contributed by atoms with E-state index in [1.54, 1.807) is 0 Å². The molecule has 0 bridgehead atoms. The van der Waals surface area contributed by atoms with Gasteiger partial charge >= 0.3 is 0 Å². The number of nitrogens with one attached hydrogen (secondary N) is 1. The molecule has 1 atom stereocenters. The van der Waals surface area contributed by atoms with Gasteiger partial charge in [-0.05, 0) is 24.1 Å². The molecular formula is C13H15NO. The minimum Gasteiger partial charge on any atom is -0.493 e. The monoisotopic (exact) mass is 201 g/mol.